The van der Waals surface area contributed by atoms with Crippen molar-refractivity contribution < 1.29 is 9.90 Å². The number of hydrogen-bond donors (Lipinski definition) is 2. The molecule has 3 heteroatoms. The lowest BCUT2D eigenvalue weighted by Gasteiger charge is -2.12. The minimum atomic E-state index is -0.264. The number of aliphatic hydroxyl groups is 1. The van der Waals surface area contributed by atoms with Gasteiger partial charge in [-0.2, -0.15) is 0 Å². The molecule has 1 unspecified atom stereocenters. The van der Waals surface area contributed by atoms with Crippen LogP contribution in [0.25, 0.3) is 0 Å². The van der Waals surface area contributed by atoms with Crippen LogP contribution >= 0.6 is 0 Å². The van der Waals surface area contributed by atoms with Gasteiger partial charge < -0.3 is 10.4 Å². The first-order valence-corrected chi connectivity index (χ1v) is 7.23. The normalized spacial score (nSPS) is 15.1. The Hall–Kier alpha value is -1.35. The number of benzene rings is 1. The van der Waals surface area contributed by atoms with Crippen molar-refractivity contribution >= 4 is 5.91 Å². The third-order valence-electron chi connectivity index (χ3n) is 3.96. The fourth-order valence-corrected chi connectivity index (χ4v) is 2.65. The molecule has 0 radical (unpaired) electrons. The van der Waals surface area contributed by atoms with Crippen LogP contribution in [0, 0.1) is 5.92 Å². The summed E-state index contributed by atoms with van der Waals surface area (Å²) in [5.74, 6) is -0.300. The lowest BCUT2D eigenvalue weighted by Crippen LogP contribution is -2.33. The summed E-state index contributed by atoms with van der Waals surface area (Å²) in [6.45, 7) is 2.50. The van der Waals surface area contributed by atoms with Crippen LogP contribution in [0.4, 0.5) is 0 Å². The van der Waals surface area contributed by atoms with E-state index in [2.05, 4.69) is 23.5 Å². The number of hydrogen-bond acceptors (Lipinski definition) is 2. The van der Waals surface area contributed by atoms with Crippen molar-refractivity contribution in [2.24, 2.45) is 5.92 Å². The average molecular weight is 261 g/mol. The Morgan fingerprint density at radius 3 is 2.89 bits per heavy atom. The summed E-state index contributed by atoms with van der Waals surface area (Å²) in [5, 5.41) is 12.0. The third-order valence-corrected chi connectivity index (χ3v) is 3.96. The predicted octanol–water partition coefficient (Wildman–Crippen LogP) is 1.85. The lowest BCUT2D eigenvalue weighted by molar-refractivity contribution is -0.126. The highest BCUT2D eigenvalue weighted by Gasteiger charge is 2.14. The summed E-state index contributed by atoms with van der Waals surface area (Å²) in [4.78, 5) is 11.7. The Labute approximate surface area is 115 Å². The molecule has 0 saturated heterocycles. The van der Waals surface area contributed by atoms with Crippen molar-refractivity contribution in [2.75, 3.05) is 13.2 Å². The molecule has 2 rings (SSSR count). The van der Waals surface area contributed by atoms with Crippen molar-refractivity contribution in [1.29, 1.82) is 0 Å². The number of carbonyl (C=O) groups is 1. The number of rotatable bonds is 6. The summed E-state index contributed by atoms with van der Waals surface area (Å²) in [6, 6.07) is 6.67. The summed E-state index contributed by atoms with van der Waals surface area (Å²) >= 11 is 0. The van der Waals surface area contributed by atoms with Crippen molar-refractivity contribution in [3.05, 3.63) is 34.9 Å². The maximum Gasteiger partial charge on any atom is 0.225 e. The Kier molecular flexibility index (Phi) is 4.97. The Bertz CT molecular complexity index is 438. The maximum absolute atomic E-state index is 11.7. The fraction of sp³-hybridized carbons (Fsp3) is 0.562. The van der Waals surface area contributed by atoms with Gasteiger partial charge in [0.15, 0.2) is 0 Å². The second-order valence-electron chi connectivity index (χ2n) is 5.29. The standard InChI is InChI=1S/C16H23NO2/c1-2-13(11-18)16(19)17-9-8-12-6-7-14-4-3-5-15(14)10-12/h6-7,10,13,18H,2-5,8-9,11H2,1H3,(H,17,19). The predicted molar refractivity (Wildman–Crippen MR) is 76.0 cm³/mol. The molecular weight excluding hydrogens is 238 g/mol. The van der Waals surface area contributed by atoms with Crippen LogP contribution in [0.1, 0.15) is 36.5 Å². The highest BCUT2D eigenvalue weighted by atomic mass is 16.3. The van der Waals surface area contributed by atoms with Gasteiger partial charge in [0.1, 0.15) is 0 Å². The molecule has 1 aromatic rings. The second-order valence-corrected chi connectivity index (χ2v) is 5.29. The molecule has 1 aromatic carbocycles. The minimum absolute atomic E-state index is 0.0360. The fourth-order valence-electron chi connectivity index (χ4n) is 2.65. The molecule has 19 heavy (non-hydrogen) atoms. The van der Waals surface area contributed by atoms with E-state index in [1.54, 1.807) is 0 Å². The molecule has 1 aliphatic carbocycles. The largest absolute Gasteiger partial charge is 0.396 e. The Morgan fingerprint density at radius 1 is 1.37 bits per heavy atom. The van der Waals surface area contributed by atoms with Crippen molar-refractivity contribution in [2.45, 2.75) is 39.0 Å². The third kappa shape index (κ3) is 3.57. The number of aryl methyl sites for hydroxylation is 2. The van der Waals surface area contributed by atoms with Crippen LogP contribution in [0.5, 0.6) is 0 Å². The SMILES string of the molecule is CCC(CO)C(=O)NCCc1ccc2c(c1)CCC2. The number of amides is 1. The van der Waals surface area contributed by atoms with E-state index in [9.17, 15) is 4.79 Å². The molecule has 0 fully saturated rings. The summed E-state index contributed by atoms with van der Waals surface area (Å²) in [6.07, 6.45) is 5.21. The van der Waals surface area contributed by atoms with Gasteiger partial charge in [0, 0.05) is 6.54 Å². The van der Waals surface area contributed by atoms with E-state index in [1.807, 2.05) is 6.92 Å². The molecule has 0 bridgehead atoms. The highest BCUT2D eigenvalue weighted by molar-refractivity contribution is 5.78. The maximum atomic E-state index is 11.7. The van der Waals surface area contributed by atoms with E-state index < -0.39 is 0 Å². The first-order chi connectivity index (χ1) is 9.24. The van der Waals surface area contributed by atoms with Gasteiger partial charge in [0.05, 0.1) is 12.5 Å². The molecule has 0 heterocycles. The molecular formula is C16H23NO2. The van der Waals surface area contributed by atoms with E-state index in [0.29, 0.717) is 13.0 Å². The van der Waals surface area contributed by atoms with Crippen LogP contribution in [0.2, 0.25) is 0 Å². The van der Waals surface area contributed by atoms with E-state index >= 15 is 0 Å². The number of nitrogens with one attached hydrogen (secondary N) is 1. The van der Waals surface area contributed by atoms with Gasteiger partial charge in [-0.05, 0) is 48.8 Å². The monoisotopic (exact) mass is 261 g/mol. The van der Waals surface area contributed by atoms with Crippen LogP contribution in [0.15, 0.2) is 18.2 Å². The van der Waals surface area contributed by atoms with Crippen molar-refractivity contribution in [3.8, 4) is 0 Å². The topological polar surface area (TPSA) is 49.3 Å². The van der Waals surface area contributed by atoms with Crippen LogP contribution in [-0.4, -0.2) is 24.2 Å². The molecule has 1 atom stereocenters. The van der Waals surface area contributed by atoms with Gasteiger partial charge in [-0.1, -0.05) is 25.1 Å². The second kappa shape index (κ2) is 6.71. The quantitative estimate of drug-likeness (QED) is 0.821. The smallest absolute Gasteiger partial charge is 0.225 e. The van der Waals surface area contributed by atoms with Crippen molar-refractivity contribution in [1.82, 2.24) is 5.32 Å². The van der Waals surface area contributed by atoms with Gasteiger partial charge in [-0.3, -0.25) is 4.79 Å². The van der Waals surface area contributed by atoms with E-state index in [0.717, 1.165) is 6.42 Å². The van der Waals surface area contributed by atoms with Gasteiger partial charge in [-0.25, -0.2) is 0 Å². The lowest BCUT2D eigenvalue weighted by atomic mass is 10.0. The van der Waals surface area contributed by atoms with Crippen molar-refractivity contribution in [3.63, 3.8) is 0 Å². The molecule has 1 amide bonds. The minimum Gasteiger partial charge on any atom is -0.396 e. The van der Waals surface area contributed by atoms with E-state index in [1.165, 1.54) is 36.0 Å². The summed E-state index contributed by atoms with van der Waals surface area (Å²) < 4.78 is 0. The van der Waals surface area contributed by atoms with E-state index in [4.69, 9.17) is 5.11 Å². The summed E-state index contributed by atoms with van der Waals surface area (Å²) in [5.41, 5.74) is 4.25. The molecule has 3 nitrogen and oxygen atoms in total. The number of fused-ring (bicyclic) bond motifs is 1. The average Bonchev–Trinajstić information content (AvgIpc) is 2.87. The Morgan fingerprint density at radius 2 is 2.16 bits per heavy atom. The zero-order valence-electron chi connectivity index (χ0n) is 11.6. The first-order valence-electron chi connectivity index (χ1n) is 7.23. The molecule has 104 valence electrons. The molecule has 0 aliphatic heterocycles. The Balaban J connectivity index is 1.81. The zero-order chi connectivity index (χ0) is 13.7. The first kappa shape index (κ1) is 14.1. The zero-order valence-corrected chi connectivity index (χ0v) is 11.6. The molecule has 0 saturated carbocycles. The summed E-state index contributed by atoms with van der Waals surface area (Å²) in [7, 11) is 0. The van der Waals surface area contributed by atoms with Gasteiger partial charge in [0.2, 0.25) is 5.91 Å². The molecule has 2 N–H and O–H groups in total. The number of carbonyl (C=O) groups excluding carboxylic acids is 1. The van der Waals surface area contributed by atoms with Gasteiger partial charge in [0.25, 0.3) is 0 Å². The van der Waals surface area contributed by atoms with Gasteiger partial charge >= 0.3 is 0 Å². The molecule has 0 spiro atoms. The van der Waals surface area contributed by atoms with Gasteiger partial charge in [-0.15, -0.1) is 0 Å². The van der Waals surface area contributed by atoms with Crippen LogP contribution in [0.3, 0.4) is 0 Å². The van der Waals surface area contributed by atoms with Crippen LogP contribution in [-0.2, 0) is 24.1 Å². The molecule has 0 aromatic heterocycles. The highest BCUT2D eigenvalue weighted by Crippen LogP contribution is 2.22. The molecule has 1 aliphatic rings. The number of aliphatic hydroxyl groups excluding tert-OH is 1. The van der Waals surface area contributed by atoms with E-state index in [-0.39, 0.29) is 18.4 Å². The van der Waals surface area contributed by atoms with Crippen LogP contribution < -0.4 is 5.32 Å².